The fourth-order valence-corrected chi connectivity index (χ4v) is 2.61. The molecule has 2 nitrogen and oxygen atoms in total. The van der Waals surface area contributed by atoms with E-state index < -0.39 is 11.9 Å². The van der Waals surface area contributed by atoms with Crippen LogP contribution >= 0.6 is 11.3 Å². The molecule has 6 heteroatoms. The van der Waals surface area contributed by atoms with Crippen LogP contribution < -0.4 is 5.32 Å². The minimum absolute atomic E-state index is 0.155. The van der Waals surface area contributed by atoms with E-state index in [0.717, 1.165) is 6.42 Å². The highest BCUT2D eigenvalue weighted by Crippen LogP contribution is 2.34. The number of rotatable bonds is 6. The van der Waals surface area contributed by atoms with Crippen molar-refractivity contribution in [2.24, 2.45) is 5.92 Å². The smallest absolute Gasteiger partial charge is 0.310 e. The molecule has 0 aliphatic carbocycles. The van der Waals surface area contributed by atoms with Crippen LogP contribution in [-0.4, -0.2) is 11.0 Å². The average Bonchev–Trinajstić information content (AvgIpc) is 2.66. The second kappa shape index (κ2) is 6.70. The molecule has 0 fully saturated rings. The monoisotopic (exact) mass is 294 g/mol. The molecule has 0 saturated carbocycles. The van der Waals surface area contributed by atoms with Gasteiger partial charge in [-0.15, -0.1) is 11.3 Å². The topological polar surface area (TPSA) is 24.9 Å². The first kappa shape index (κ1) is 16.4. The van der Waals surface area contributed by atoms with Crippen molar-refractivity contribution < 1.29 is 13.2 Å². The van der Waals surface area contributed by atoms with E-state index >= 15 is 0 Å². The number of alkyl halides is 3. The standard InChI is InChI=1S/C13H21F3N2S/c1-8(2)5-6-11-18-12(13(14,15)16)10(19-11)7-17-9(3)4/h8-9,17H,5-7H2,1-4H3. The van der Waals surface area contributed by atoms with Gasteiger partial charge in [-0.25, -0.2) is 4.98 Å². The summed E-state index contributed by atoms with van der Waals surface area (Å²) < 4.78 is 38.7. The van der Waals surface area contributed by atoms with E-state index in [-0.39, 0.29) is 12.6 Å². The summed E-state index contributed by atoms with van der Waals surface area (Å²) in [7, 11) is 0. The zero-order valence-corrected chi connectivity index (χ0v) is 12.6. The van der Waals surface area contributed by atoms with Crippen LogP contribution in [-0.2, 0) is 19.1 Å². The van der Waals surface area contributed by atoms with Crippen molar-refractivity contribution in [2.75, 3.05) is 0 Å². The lowest BCUT2D eigenvalue weighted by Crippen LogP contribution is -2.23. The largest absolute Gasteiger partial charge is 0.434 e. The zero-order chi connectivity index (χ0) is 14.6. The number of thiazole rings is 1. The Labute approximate surface area is 116 Å². The quantitative estimate of drug-likeness (QED) is 0.848. The molecule has 0 aromatic carbocycles. The molecule has 0 radical (unpaired) electrons. The third kappa shape index (κ3) is 5.48. The SMILES string of the molecule is CC(C)CCc1nc(C(F)(F)F)c(CNC(C)C)s1. The normalized spacial score (nSPS) is 12.7. The lowest BCUT2D eigenvalue weighted by atomic mass is 10.1. The molecule has 0 bridgehead atoms. The van der Waals surface area contributed by atoms with Crippen molar-refractivity contribution in [2.45, 2.75) is 59.3 Å². The lowest BCUT2D eigenvalue weighted by Gasteiger charge is -2.09. The van der Waals surface area contributed by atoms with Gasteiger partial charge in [0.1, 0.15) is 0 Å². The predicted octanol–water partition coefficient (Wildman–Crippen LogP) is 4.25. The third-order valence-electron chi connectivity index (χ3n) is 2.62. The maximum absolute atomic E-state index is 12.9. The van der Waals surface area contributed by atoms with Gasteiger partial charge in [0.25, 0.3) is 0 Å². The van der Waals surface area contributed by atoms with Crippen LogP contribution in [0.5, 0.6) is 0 Å². The average molecular weight is 294 g/mol. The molecule has 1 heterocycles. The number of hydrogen-bond acceptors (Lipinski definition) is 3. The molecule has 0 spiro atoms. The van der Waals surface area contributed by atoms with Crippen LogP contribution in [0.4, 0.5) is 13.2 Å². The molecule has 1 rings (SSSR count). The highest BCUT2D eigenvalue weighted by molar-refractivity contribution is 7.11. The highest BCUT2D eigenvalue weighted by Gasteiger charge is 2.37. The molecule has 19 heavy (non-hydrogen) atoms. The number of nitrogens with zero attached hydrogens (tertiary/aromatic N) is 1. The van der Waals surface area contributed by atoms with Gasteiger partial charge in [-0.2, -0.15) is 13.2 Å². The second-order valence-corrected chi connectivity index (χ2v) is 6.51. The Hall–Kier alpha value is -0.620. The Balaban J connectivity index is 2.86. The molecule has 0 aliphatic rings. The molecular formula is C13H21F3N2S. The van der Waals surface area contributed by atoms with E-state index in [2.05, 4.69) is 24.1 Å². The van der Waals surface area contributed by atoms with Crippen molar-refractivity contribution >= 4 is 11.3 Å². The third-order valence-corrected chi connectivity index (χ3v) is 3.73. The molecule has 0 atom stereocenters. The van der Waals surface area contributed by atoms with Crippen molar-refractivity contribution in [1.82, 2.24) is 10.3 Å². The van der Waals surface area contributed by atoms with E-state index in [1.165, 1.54) is 11.3 Å². The second-order valence-electron chi connectivity index (χ2n) is 5.35. The minimum atomic E-state index is -4.36. The van der Waals surface area contributed by atoms with Crippen LogP contribution in [0.1, 0.15) is 49.7 Å². The van der Waals surface area contributed by atoms with E-state index in [4.69, 9.17) is 0 Å². The maximum atomic E-state index is 12.9. The van der Waals surface area contributed by atoms with Gasteiger partial charge in [0.05, 0.1) is 9.88 Å². The summed E-state index contributed by atoms with van der Waals surface area (Å²) in [6.45, 7) is 8.16. The van der Waals surface area contributed by atoms with Gasteiger partial charge in [0, 0.05) is 12.6 Å². The summed E-state index contributed by atoms with van der Waals surface area (Å²) in [5.74, 6) is 0.468. The van der Waals surface area contributed by atoms with Gasteiger partial charge in [0.15, 0.2) is 5.69 Å². The van der Waals surface area contributed by atoms with E-state index in [1.54, 1.807) is 0 Å². The molecule has 1 aromatic heterocycles. The molecule has 110 valence electrons. The first-order valence-corrected chi connectivity index (χ1v) is 7.31. The highest BCUT2D eigenvalue weighted by atomic mass is 32.1. The Bertz CT molecular complexity index is 397. The van der Waals surface area contributed by atoms with Gasteiger partial charge < -0.3 is 5.32 Å². The molecule has 0 amide bonds. The maximum Gasteiger partial charge on any atom is 0.434 e. The summed E-state index contributed by atoms with van der Waals surface area (Å²) in [4.78, 5) is 4.08. The van der Waals surface area contributed by atoms with Gasteiger partial charge in [-0.3, -0.25) is 0 Å². The molecule has 0 aliphatic heterocycles. The number of nitrogens with one attached hydrogen (secondary N) is 1. The van der Waals surface area contributed by atoms with Crippen molar-refractivity contribution in [1.29, 1.82) is 0 Å². The predicted molar refractivity (Wildman–Crippen MR) is 72.3 cm³/mol. The molecule has 1 aromatic rings. The molecule has 1 N–H and O–H groups in total. The first-order valence-electron chi connectivity index (χ1n) is 6.49. The van der Waals surface area contributed by atoms with Crippen molar-refractivity contribution in [3.05, 3.63) is 15.6 Å². The number of halogens is 3. The van der Waals surface area contributed by atoms with Crippen LogP contribution in [0.2, 0.25) is 0 Å². The molecule has 0 unspecified atom stereocenters. The first-order chi connectivity index (χ1) is 8.70. The van der Waals surface area contributed by atoms with Crippen molar-refractivity contribution in [3.8, 4) is 0 Å². The molecule has 0 saturated heterocycles. The van der Waals surface area contributed by atoms with Gasteiger partial charge in [0.2, 0.25) is 0 Å². The fraction of sp³-hybridized carbons (Fsp3) is 0.769. The Morgan fingerprint density at radius 1 is 1.21 bits per heavy atom. The summed E-state index contributed by atoms with van der Waals surface area (Å²) >= 11 is 1.18. The summed E-state index contributed by atoms with van der Waals surface area (Å²) in [6, 6.07) is 0.155. The summed E-state index contributed by atoms with van der Waals surface area (Å²) in [5.41, 5.74) is -0.718. The van der Waals surface area contributed by atoms with Crippen LogP contribution in [0.15, 0.2) is 0 Å². The molecular weight excluding hydrogens is 273 g/mol. The van der Waals surface area contributed by atoms with Crippen LogP contribution in [0, 0.1) is 5.92 Å². The van der Waals surface area contributed by atoms with E-state index in [1.807, 2.05) is 13.8 Å². The van der Waals surface area contributed by atoms with E-state index in [0.29, 0.717) is 22.2 Å². The van der Waals surface area contributed by atoms with Gasteiger partial charge in [-0.05, 0) is 18.8 Å². The zero-order valence-electron chi connectivity index (χ0n) is 11.8. The summed E-state index contributed by atoms with van der Waals surface area (Å²) in [5, 5.41) is 3.61. The minimum Gasteiger partial charge on any atom is -0.310 e. The van der Waals surface area contributed by atoms with E-state index in [9.17, 15) is 13.2 Å². The number of aryl methyl sites for hydroxylation is 1. The van der Waals surface area contributed by atoms with Gasteiger partial charge in [-0.1, -0.05) is 27.7 Å². The lowest BCUT2D eigenvalue weighted by molar-refractivity contribution is -0.141. The Morgan fingerprint density at radius 2 is 1.84 bits per heavy atom. The fourth-order valence-electron chi connectivity index (χ4n) is 1.56. The van der Waals surface area contributed by atoms with Crippen molar-refractivity contribution in [3.63, 3.8) is 0 Å². The Kier molecular flexibility index (Phi) is 5.80. The summed E-state index contributed by atoms with van der Waals surface area (Å²) in [6.07, 6.45) is -2.88. The van der Waals surface area contributed by atoms with Crippen LogP contribution in [0.25, 0.3) is 0 Å². The van der Waals surface area contributed by atoms with Gasteiger partial charge >= 0.3 is 6.18 Å². The number of aromatic nitrogens is 1. The van der Waals surface area contributed by atoms with Crippen LogP contribution in [0.3, 0.4) is 0 Å². The Morgan fingerprint density at radius 3 is 2.32 bits per heavy atom. The number of hydrogen-bond donors (Lipinski definition) is 1.